The molecule has 1 atom stereocenters. The summed E-state index contributed by atoms with van der Waals surface area (Å²) in [7, 11) is 0. The molecule has 0 bridgehead atoms. The van der Waals surface area contributed by atoms with Gasteiger partial charge in [-0.05, 0) is 60.5 Å². The lowest BCUT2D eigenvalue weighted by atomic mass is 9.89. The summed E-state index contributed by atoms with van der Waals surface area (Å²) in [5.41, 5.74) is 0.721. The fourth-order valence-corrected chi connectivity index (χ4v) is 5.80. The highest BCUT2D eigenvalue weighted by atomic mass is 32.2. The maximum absolute atomic E-state index is 12.8. The standard InChI is InChI=1S/C22H25F3N4O2S/c23-22(24,25)16-3-1-14(2-4-16)15-5-10-29(11-6-15)20-26-17-7-12-32(31)18(17)19(27-20)28-21(13-30)8-9-21/h1-4,15,30H,5-13H2,(H,26,27,28). The van der Waals surface area contributed by atoms with Gasteiger partial charge in [0.2, 0.25) is 10.8 Å². The molecular formula is C22H25F3N4O2S. The van der Waals surface area contributed by atoms with E-state index >= 15 is 0 Å². The molecule has 0 amide bonds. The van der Waals surface area contributed by atoms with Gasteiger partial charge in [0.15, 0.2) is 5.82 Å². The Bertz CT molecular complexity index is 990. The summed E-state index contributed by atoms with van der Waals surface area (Å²) in [6.45, 7) is 1.39. The topological polar surface area (TPSA) is 84.3 Å². The van der Waals surface area contributed by atoms with Crippen LogP contribution < -0.4 is 10.2 Å². The van der Waals surface area contributed by atoms with Gasteiger partial charge in [-0.25, -0.2) is 4.98 Å². The molecule has 6 nitrogen and oxygen atoms in total. The number of nitrogens with zero attached hydrogens (tertiary/aromatic N) is 3. The number of nitrogens with one attached hydrogen (secondary N) is 1. The van der Waals surface area contributed by atoms with Crippen LogP contribution in [0.25, 0.3) is 0 Å². The van der Waals surface area contributed by atoms with Crippen molar-refractivity contribution >= 4 is 22.9 Å². The van der Waals surface area contributed by atoms with Crippen molar-refractivity contribution in [2.75, 3.05) is 35.7 Å². The normalized spacial score (nSPS) is 22.7. The number of halogens is 3. The minimum atomic E-state index is -4.32. The molecular weight excluding hydrogens is 441 g/mol. The Balaban J connectivity index is 1.31. The zero-order valence-corrected chi connectivity index (χ0v) is 18.3. The van der Waals surface area contributed by atoms with Crippen molar-refractivity contribution in [3.8, 4) is 0 Å². The van der Waals surface area contributed by atoms with E-state index in [1.165, 1.54) is 0 Å². The van der Waals surface area contributed by atoms with E-state index in [0.717, 1.165) is 49.1 Å². The monoisotopic (exact) mass is 466 g/mol. The second-order valence-corrected chi connectivity index (χ2v) is 10.4. The molecule has 0 radical (unpaired) electrons. The van der Waals surface area contributed by atoms with Gasteiger partial charge in [0.05, 0.1) is 17.7 Å². The molecule has 10 heteroatoms. The first-order valence-electron chi connectivity index (χ1n) is 10.9. The van der Waals surface area contributed by atoms with Crippen molar-refractivity contribution in [3.63, 3.8) is 0 Å². The average Bonchev–Trinajstić information content (AvgIpc) is 3.46. The SMILES string of the molecule is [O-][S+]1CCc2nc(N3CCC(c4ccc(C(F)(F)F)cc4)CC3)nc(NC3(CO)CC3)c21. The molecule has 172 valence electrons. The van der Waals surface area contributed by atoms with Gasteiger partial charge in [0.25, 0.3) is 0 Å². The number of benzene rings is 1. The van der Waals surface area contributed by atoms with Gasteiger partial charge in [-0.2, -0.15) is 18.2 Å². The number of piperidine rings is 1. The van der Waals surface area contributed by atoms with Crippen LogP contribution in [0.2, 0.25) is 0 Å². The maximum Gasteiger partial charge on any atom is 0.416 e. The Morgan fingerprint density at radius 1 is 1.16 bits per heavy atom. The minimum Gasteiger partial charge on any atom is -0.611 e. The molecule has 5 rings (SSSR count). The van der Waals surface area contributed by atoms with E-state index in [-0.39, 0.29) is 18.1 Å². The van der Waals surface area contributed by atoms with Crippen LogP contribution in [0, 0.1) is 0 Å². The van der Waals surface area contributed by atoms with Crippen molar-refractivity contribution in [1.29, 1.82) is 0 Å². The zero-order chi connectivity index (χ0) is 22.5. The highest BCUT2D eigenvalue weighted by Gasteiger charge is 2.45. The molecule has 1 aromatic heterocycles. The summed E-state index contributed by atoms with van der Waals surface area (Å²) in [5.74, 6) is 1.88. The van der Waals surface area contributed by atoms with E-state index in [9.17, 15) is 22.8 Å². The van der Waals surface area contributed by atoms with Crippen molar-refractivity contribution in [2.45, 2.75) is 54.6 Å². The number of hydrogen-bond donors (Lipinski definition) is 2. The first kappa shape index (κ1) is 21.8. The Kier molecular flexibility index (Phi) is 5.50. The summed E-state index contributed by atoms with van der Waals surface area (Å²) in [4.78, 5) is 12.1. The lowest BCUT2D eigenvalue weighted by molar-refractivity contribution is -0.137. The van der Waals surface area contributed by atoms with E-state index in [4.69, 9.17) is 9.97 Å². The van der Waals surface area contributed by atoms with E-state index in [1.54, 1.807) is 12.1 Å². The Hall–Kier alpha value is -2.04. The molecule has 32 heavy (non-hydrogen) atoms. The van der Waals surface area contributed by atoms with E-state index in [2.05, 4.69) is 10.2 Å². The maximum atomic E-state index is 12.8. The van der Waals surface area contributed by atoms with Crippen LogP contribution in [-0.2, 0) is 23.8 Å². The van der Waals surface area contributed by atoms with Gasteiger partial charge in [0, 0.05) is 19.5 Å². The summed E-state index contributed by atoms with van der Waals surface area (Å²) in [5, 5.41) is 13.0. The number of aliphatic hydroxyl groups excluding tert-OH is 1. The predicted octanol–water partition coefficient (Wildman–Crippen LogP) is 3.48. The first-order valence-corrected chi connectivity index (χ1v) is 12.2. The second-order valence-electron chi connectivity index (χ2n) is 8.89. The third-order valence-electron chi connectivity index (χ3n) is 6.70. The van der Waals surface area contributed by atoms with Crippen molar-refractivity contribution in [3.05, 3.63) is 41.1 Å². The molecule has 0 spiro atoms. The smallest absolute Gasteiger partial charge is 0.416 e. The van der Waals surface area contributed by atoms with Gasteiger partial charge in [-0.1, -0.05) is 12.1 Å². The van der Waals surface area contributed by atoms with E-state index in [1.807, 2.05) is 0 Å². The Morgan fingerprint density at radius 2 is 1.84 bits per heavy atom. The third kappa shape index (κ3) is 4.15. The molecule has 1 saturated carbocycles. The predicted molar refractivity (Wildman–Crippen MR) is 115 cm³/mol. The zero-order valence-electron chi connectivity index (χ0n) is 17.5. The fraction of sp³-hybridized carbons (Fsp3) is 0.545. The molecule has 2 aliphatic heterocycles. The van der Waals surface area contributed by atoms with E-state index < -0.39 is 22.9 Å². The third-order valence-corrected chi connectivity index (χ3v) is 8.16. The van der Waals surface area contributed by atoms with Crippen molar-refractivity contribution < 1.29 is 22.8 Å². The Labute approximate surface area is 187 Å². The van der Waals surface area contributed by atoms with Crippen LogP contribution >= 0.6 is 0 Å². The molecule has 2 N–H and O–H groups in total. The molecule has 2 aromatic rings. The van der Waals surface area contributed by atoms with Crippen LogP contribution in [0.3, 0.4) is 0 Å². The molecule has 1 unspecified atom stereocenters. The van der Waals surface area contributed by atoms with Crippen LogP contribution in [-0.4, -0.2) is 50.6 Å². The number of rotatable bonds is 5. The summed E-state index contributed by atoms with van der Waals surface area (Å²) >= 11 is -1.14. The number of hydrogen-bond acceptors (Lipinski definition) is 6. The molecule has 1 saturated heterocycles. The minimum absolute atomic E-state index is 0.00622. The average molecular weight is 467 g/mol. The number of aliphatic hydroxyl groups is 1. The molecule has 1 aromatic carbocycles. The van der Waals surface area contributed by atoms with Crippen LogP contribution in [0.4, 0.5) is 24.9 Å². The first-order chi connectivity index (χ1) is 15.3. The molecule has 1 aliphatic carbocycles. The highest BCUT2D eigenvalue weighted by Crippen LogP contribution is 2.42. The highest BCUT2D eigenvalue weighted by molar-refractivity contribution is 7.91. The number of aromatic nitrogens is 2. The van der Waals surface area contributed by atoms with Gasteiger partial charge in [-0.15, -0.1) is 0 Å². The number of anilines is 2. The second kappa shape index (κ2) is 8.07. The number of aryl methyl sites for hydroxylation is 1. The van der Waals surface area contributed by atoms with Gasteiger partial charge in [0.1, 0.15) is 11.4 Å². The summed E-state index contributed by atoms with van der Waals surface area (Å²) < 4.78 is 51.0. The largest absolute Gasteiger partial charge is 0.611 e. The van der Waals surface area contributed by atoms with Crippen LogP contribution in [0.5, 0.6) is 0 Å². The molecule has 3 heterocycles. The van der Waals surface area contributed by atoms with Gasteiger partial charge < -0.3 is 19.9 Å². The Morgan fingerprint density at radius 3 is 2.44 bits per heavy atom. The number of alkyl halides is 3. The lowest BCUT2D eigenvalue weighted by Crippen LogP contribution is -2.35. The quantitative estimate of drug-likeness (QED) is 0.657. The number of fused-ring (bicyclic) bond motifs is 1. The summed E-state index contributed by atoms with van der Waals surface area (Å²) in [6.07, 6.45) is -0.398. The van der Waals surface area contributed by atoms with Crippen LogP contribution in [0.15, 0.2) is 29.2 Å². The fourth-order valence-electron chi connectivity index (χ4n) is 4.49. The molecule has 3 aliphatic rings. The molecule has 2 fully saturated rings. The van der Waals surface area contributed by atoms with Gasteiger partial charge in [-0.3, -0.25) is 0 Å². The van der Waals surface area contributed by atoms with Crippen molar-refractivity contribution in [1.82, 2.24) is 9.97 Å². The lowest BCUT2D eigenvalue weighted by Gasteiger charge is -2.32. The van der Waals surface area contributed by atoms with Gasteiger partial charge >= 0.3 is 6.18 Å². The van der Waals surface area contributed by atoms with E-state index in [0.29, 0.717) is 41.9 Å². The summed E-state index contributed by atoms with van der Waals surface area (Å²) in [6, 6.07) is 5.46. The van der Waals surface area contributed by atoms with Crippen LogP contribution in [0.1, 0.15) is 48.4 Å². The van der Waals surface area contributed by atoms with Crippen molar-refractivity contribution in [2.24, 2.45) is 0 Å².